The van der Waals surface area contributed by atoms with Gasteiger partial charge in [-0.25, -0.2) is 8.78 Å². The molecule has 1 aromatic heterocycles. The van der Waals surface area contributed by atoms with E-state index in [1.807, 2.05) is 0 Å². The maximum absolute atomic E-state index is 14.2. The molecule has 6 nitrogen and oxygen atoms in total. The van der Waals surface area contributed by atoms with Crippen LogP contribution in [0.2, 0.25) is 0 Å². The molecule has 156 valence electrons. The quantitative estimate of drug-likeness (QED) is 0.468. The van der Waals surface area contributed by atoms with E-state index in [4.69, 9.17) is 5.73 Å². The molecule has 1 heterocycles. The fourth-order valence-corrected chi connectivity index (χ4v) is 3.56. The number of nitrogens with two attached hydrogens (primary N) is 1. The third kappa shape index (κ3) is 3.38. The van der Waals surface area contributed by atoms with Gasteiger partial charge in [-0.05, 0) is 66.6 Å². The maximum atomic E-state index is 14.2. The van der Waals surface area contributed by atoms with Gasteiger partial charge in [0.1, 0.15) is 11.5 Å². The predicted octanol–water partition coefficient (Wildman–Crippen LogP) is 3.75. The van der Waals surface area contributed by atoms with E-state index in [1.165, 1.54) is 54.1 Å². The number of amides is 1. The number of phenols is 2. The molecule has 4 N–H and O–H groups in total. The number of benzene rings is 3. The molecule has 1 amide bonds. The lowest BCUT2D eigenvalue weighted by atomic mass is 9.95. The summed E-state index contributed by atoms with van der Waals surface area (Å²) in [4.78, 5) is 25.3. The topological polar surface area (TPSA) is 106 Å². The number of hydrogen-bond donors (Lipinski definition) is 3. The predicted molar refractivity (Wildman–Crippen MR) is 111 cm³/mol. The van der Waals surface area contributed by atoms with Crippen molar-refractivity contribution in [1.29, 1.82) is 0 Å². The van der Waals surface area contributed by atoms with Gasteiger partial charge < -0.3 is 15.9 Å². The lowest BCUT2D eigenvalue weighted by molar-refractivity contribution is 0.100. The SMILES string of the molecule is Cc1cc(-c2cn(-c3ccc(O)cc3)c(=O)c3c(C(N)=O)cc(O)cc23)cc(F)c1F. The molecule has 0 radical (unpaired) electrons. The Labute approximate surface area is 174 Å². The highest BCUT2D eigenvalue weighted by Crippen LogP contribution is 2.33. The van der Waals surface area contributed by atoms with Crippen LogP contribution in [0.25, 0.3) is 27.6 Å². The van der Waals surface area contributed by atoms with E-state index >= 15 is 0 Å². The molecule has 4 aromatic rings. The van der Waals surface area contributed by atoms with Crippen LogP contribution in [0.15, 0.2) is 59.5 Å². The van der Waals surface area contributed by atoms with Gasteiger partial charge in [0, 0.05) is 22.8 Å². The summed E-state index contributed by atoms with van der Waals surface area (Å²) in [6.07, 6.45) is 1.40. The minimum absolute atomic E-state index is 0.0169. The molecule has 8 heteroatoms. The van der Waals surface area contributed by atoms with Crippen molar-refractivity contribution in [2.45, 2.75) is 6.92 Å². The first-order valence-electron chi connectivity index (χ1n) is 9.15. The molecule has 0 aliphatic heterocycles. The second-order valence-corrected chi connectivity index (χ2v) is 7.10. The van der Waals surface area contributed by atoms with E-state index in [0.717, 1.165) is 12.1 Å². The van der Waals surface area contributed by atoms with Crippen LogP contribution in [-0.4, -0.2) is 20.7 Å². The number of aryl methyl sites for hydroxylation is 1. The molecular formula is C23H16F2N2O4. The summed E-state index contributed by atoms with van der Waals surface area (Å²) in [6.45, 7) is 1.40. The molecule has 0 saturated heterocycles. The van der Waals surface area contributed by atoms with Gasteiger partial charge in [0.05, 0.1) is 10.9 Å². The highest BCUT2D eigenvalue weighted by atomic mass is 19.2. The van der Waals surface area contributed by atoms with Crippen LogP contribution < -0.4 is 11.3 Å². The number of primary amides is 1. The van der Waals surface area contributed by atoms with Gasteiger partial charge in [0.2, 0.25) is 5.91 Å². The third-order valence-electron chi connectivity index (χ3n) is 5.02. The van der Waals surface area contributed by atoms with Crippen molar-refractivity contribution in [1.82, 2.24) is 4.57 Å². The summed E-state index contributed by atoms with van der Waals surface area (Å²) in [5, 5.41) is 19.7. The Bertz CT molecular complexity index is 1400. The number of aromatic hydroxyl groups is 2. The molecule has 0 spiro atoms. The van der Waals surface area contributed by atoms with Gasteiger partial charge in [-0.15, -0.1) is 0 Å². The zero-order chi connectivity index (χ0) is 22.4. The number of fused-ring (bicyclic) bond motifs is 1. The zero-order valence-electron chi connectivity index (χ0n) is 16.2. The van der Waals surface area contributed by atoms with Crippen LogP contribution in [0.4, 0.5) is 8.78 Å². The van der Waals surface area contributed by atoms with Crippen molar-refractivity contribution in [2.75, 3.05) is 0 Å². The minimum atomic E-state index is -1.08. The van der Waals surface area contributed by atoms with Crippen molar-refractivity contribution in [3.05, 3.63) is 87.8 Å². The Hall–Kier alpha value is -4.20. The van der Waals surface area contributed by atoms with Gasteiger partial charge in [-0.1, -0.05) is 0 Å². The van der Waals surface area contributed by atoms with Crippen molar-refractivity contribution in [3.63, 3.8) is 0 Å². The van der Waals surface area contributed by atoms with Crippen LogP contribution in [0.5, 0.6) is 11.5 Å². The van der Waals surface area contributed by atoms with Crippen LogP contribution in [0, 0.1) is 18.6 Å². The number of rotatable bonds is 3. The lowest BCUT2D eigenvalue weighted by Crippen LogP contribution is -2.22. The molecule has 0 unspecified atom stereocenters. The minimum Gasteiger partial charge on any atom is -0.508 e. The molecule has 0 fully saturated rings. The van der Waals surface area contributed by atoms with Gasteiger partial charge in [0.25, 0.3) is 5.56 Å². The normalized spacial score (nSPS) is 11.1. The first kappa shape index (κ1) is 20.1. The summed E-state index contributed by atoms with van der Waals surface area (Å²) in [5.74, 6) is -3.35. The largest absolute Gasteiger partial charge is 0.508 e. The van der Waals surface area contributed by atoms with Crippen molar-refractivity contribution in [3.8, 4) is 28.3 Å². The van der Waals surface area contributed by atoms with Gasteiger partial charge in [-0.2, -0.15) is 0 Å². The van der Waals surface area contributed by atoms with Crippen molar-refractivity contribution >= 4 is 16.7 Å². The molecule has 4 rings (SSSR count). The van der Waals surface area contributed by atoms with Gasteiger partial charge in [-0.3, -0.25) is 14.2 Å². The second-order valence-electron chi connectivity index (χ2n) is 7.10. The molecule has 0 aliphatic rings. The number of phenolic OH excluding ortho intramolecular Hbond substituents is 2. The Balaban J connectivity index is 2.19. The average Bonchev–Trinajstić information content (AvgIpc) is 2.72. The van der Waals surface area contributed by atoms with Crippen LogP contribution >= 0.6 is 0 Å². The van der Waals surface area contributed by atoms with Gasteiger partial charge >= 0.3 is 0 Å². The fraction of sp³-hybridized carbons (Fsp3) is 0.0435. The number of aromatic nitrogens is 1. The van der Waals surface area contributed by atoms with Crippen molar-refractivity contribution < 1.29 is 23.8 Å². The lowest BCUT2D eigenvalue weighted by Gasteiger charge is -2.15. The van der Waals surface area contributed by atoms with Crippen molar-refractivity contribution in [2.24, 2.45) is 5.73 Å². The van der Waals surface area contributed by atoms with Crippen LogP contribution in [-0.2, 0) is 0 Å². The first-order chi connectivity index (χ1) is 14.7. The number of carbonyl (C=O) groups is 1. The molecule has 0 bridgehead atoms. The number of nitrogens with zero attached hydrogens (tertiary/aromatic N) is 1. The maximum Gasteiger partial charge on any atom is 0.263 e. The van der Waals surface area contributed by atoms with Crippen LogP contribution in [0.3, 0.4) is 0 Å². The summed E-state index contributed by atoms with van der Waals surface area (Å²) < 4.78 is 29.2. The highest BCUT2D eigenvalue weighted by molar-refractivity contribution is 6.10. The Morgan fingerprint density at radius 3 is 2.29 bits per heavy atom. The average molecular weight is 422 g/mol. The van der Waals surface area contributed by atoms with E-state index < -0.39 is 23.1 Å². The van der Waals surface area contributed by atoms with Gasteiger partial charge in [0.15, 0.2) is 11.6 Å². The number of hydrogen-bond acceptors (Lipinski definition) is 4. The molecule has 0 aliphatic carbocycles. The van der Waals surface area contributed by atoms with E-state index in [9.17, 15) is 28.6 Å². The smallest absolute Gasteiger partial charge is 0.263 e. The number of carbonyl (C=O) groups excluding carboxylic acids is 1. The summed E-state index contributed by atoms with van der Waals surface area (Å²) >= 11 is 0. The number of halogens is 2. The highest BCUT2D eigenvalue weighted by Gasteiger charge is 2.20. The van der Waals surface area contributed by atoms with E-state index in [1.54, 1.807) is 0 Å². The molecule has 0 atom stereocenters. The standard InChI is InChI=1S/C23H16F2N2O4/c1-11-6-12(7-19(24)21(11)25)18-10-27(13-2-4-14(28)5-3-13)23(31)20-16(18)8-15(29)9-17(20)22(26)30/h2-10,28-29H,1H3,(H2,26,30). The molecule has 31 heavy (non-hydrogen) atoms. The van der Waals surface area contributed by atoms with Crippen LogP contribution in [0.1, 0.15) is 15.9 Å². The summed E-state index contributed by atoms with van der Waals surface area (Å²) in [5.41, 5.74) is 5.51. The Morgan fingerprint density at radius 2 is 1.68 bits per heavy atom. The van der Waals surface area contributed by atoms with E-state index in [-0.39, 0.29) is 44.5 Å². The monoisotopic (exact) mass is 422 g/mol. The Kier molecular flexibility index (Phi) is 4.69. The molecule has 0 saturated carbocycles. The zero-order valence-corrected chi connectivity index (χ0v) is 16.2. The first-order valence-corrected chi connectivity index (χ1v) is 9.15. The molecular weight excluding hydrogens is 406 g/mol. The number of pyridine rings is 1. The Morgan fingerprint density at radius 1 is 1.00 bits per heavy atom. The van der Waals surface area contributed by atoms with E-state index in [2.05, 4.69) is 0 Å². The molecule has 3 aromatic carbocycles. The second kappa shape index (κ2) is 7.24. The summed E-state index contributed by atoms with van der Waals surface area (Å²) in [6, 6.07) is 10.4. The fourth-order valence-electron chi connectivity index (χ4n) is 3.56. The van der Waals surface area contributed by atoms with E-state index in [0.29, 0.717) is 5.69 Å². The third-order valence-corrected chi connectivity index (χ3v) is 5.02. The summed E-state index contributed by atoms with van der Waals surface area (Å²) in [7, 11) is 0.